The van der Waals surface area contributed by atoms with Crippen LogP contribution in [0.1, 0.15) is 24.0 Å². The molecule has 3 nitrogen and oxygen atoms in total. The number of aryl methyl sites for hydroxylation is 1. The topological polar surface area (TPSA) is 30.7 Å². The molecule has 0 aliphatic heterocycles. The smallest absolute Gasteiger partial charge is 0.0928 e. The maximum atomic E-state index is 4.53. The molecular weight excluding hydrogens is 194 g/mol. The lowest BCUT2D eigenvalue weighted by Gasteiger charge is -1.95. The molecule has 2 aromatic heterocycles. The van der Waals surface area contributed by atoms with Gasteiger partial charge in [0.25, 0.3) is 0 Å². The van der Waals surface area contributed by atoms with Gasteiger partial charge in [-0.1, -0.05) is 6.92 Å². The van der Waals surface area contributed by atoms with E-state index in [1.54, 1.807) is 17.5 Å². The van der Waals surface area contributed by atoms with E-state index in [1.807, 2.05) is 16.9 Å². The summed E-state index contributed by atoms with van der Waals surface area (Å²) >= 11 is 1.74. The van der Waals surface area contributed by atoms with Crippen molar-refractivity contribution < 1.29 is 0 Å². The van der Waals surface area contributed by atoms with E-state index in [0.29, 0.717) is 0 Å². The average Bonchev–Trinajstić information content (AvgIpc) is 2.79. The van der Waals surface area contributed by atoms with Crippen molar-refractivity contribution in [3.05, 3.63) is 34.5 Å². The van der Waals surface area contributed by atoms with Gasteiger partial charge < -0.3 is 0 Å². The van der Waals surface area contributed by atoms with E-state index in [9.17, 15) is 0 Å². The van der Waals surface area contributed by atoms with E-state index >= 15 is 0 Å². The second-order valence-corrected chi connectivity index (χ2v) is 4.13. The first-order valence-electron chi connectivity index (χ1n) is 4.79. The third-order valence-corrected chi connectivity index (χ3v) is 2.90. The summed E-state index contributed by atoms with van der Waals surface area (Å²) in [6, 6.07) is 1.93. The van der Waals surface area contributed by atoms with E-state index in [4.69, 9.17) is 0 Å². The number of thiazole rings is 1. The van der Waals surface area contributed by atoms with Crippen molar-refractivity contribution in [2.24, 2.45) is 0 Å². The molecule has 74 valence electrons. The molecule has 2 heterocycles. The summed E-state index contributed by atoms with van der Waals surface area (Å²) in [7, 11) is 0. The van der Waals surface area contributed by atoms with Gasteiger partial charge in [0.2, 0.25) is 0 Å². The summed E-state index contributed by atoms with van der Waals surface area (Å²) < 4.78 is 1.89. The van der Waals surface area contributed by atoms with Gasteiger partial charge in [0, 0.05) is 17.8 Å². The van der Waals surface area contributed by atoms with Gasteiger partial charge in [0.1, 0.15) is 0 Å². The fourth-order valence-corrected chi connectivity index (χ4v) is 2.20. The van der Waals surface area contributed by atoms with Crippen molar-refractivity contribution in [3.8, 4) is 0 Å². The molecule has 0 aliphatic rings. The average molecular weight is 207 g/mol. The third kappa shape index (κ3) is 2.20. The van der Waals surface area contributed by atoms with Crippen LogP contribution in [0, 0.1) is 0 Å². The van der Waals surface area contributed by atoms with Crippen LogP contribution in [0.3, 0.4) is 0 Å². The van der Waals surface area contributed by atoms with Crippen molar-refractivity contribution in [1.29, 1.82) is 0 Å². The summed E-state index contributed by atoms with van der Waals surface area (Å²) in [6.07, 6.45) is 6.00. The lowest BCUT2D eigenvalue weighted by Crippen LogP contribution is -2.00. The largest absolute Gasteiger partial charge is 0.267 e. The fourth-order valence-electron chi connectivity index (χ4n) is 1.31. The van der Waals surface area contributed by atoms with Crippen molar-refractivity contribution in [1.82, 2.24) is 14.8 Å². The predicted octanol–water partition coefficient (Wildman–Crippen LogP) is 2.34. The Labute approximate surface area is 87.4 Å². The Bertz CT molecular complexity index is 378. The van der Waals surface area contributed by atoms with Crippen molar-refractivity contribution in [2.75, 3.05) is 0 Å². The maximum absolute atomic E-state index is 4.53. The van der Waals surface area contributed by atoms with Crippen molar-refractivity contribution >= 4 is 11.3 Å². The number of aromatic nitrogens is 3. The standard InChI is InChI=1S/C10H13N3S/c1-2-4-10-12-9(8-14-10)7-13-6-3-5-11-13/h3,5-6,8H,2,4,7H2,1H3. The quantitative estimate of drug-likeness (QED) is 0.770. The summed E-state index contributed by atoms with van der Waals surface area (Å²) in [4.78, 5) is 4.53. The molecule has 4 heteroatoms. The van der Waals surface area contributed by atoms with Crippen LogP contribution in [0.25, 0.3) is 0 Å². The highest BCUT2D eigenvalue weighted by molar-refractivity contribution is 7.09. The highest BCUT2D eigenvalue weighted by Gasteiger charge is 2.01. The monoisotopic (exact) mass is 207 g/mol. The summed E-state index contributed by atoms with van der Waals surface area (Å²) in [5.74, 6) is 0. The van der Waals surface area contributed by atoms with Crippen molar-refractivity contribution in [2.45, 2.75) is 26.3 Å². The maximum Gasteiger partial charge on any atom is 0.0928 e. The van der Waals surface area contributed by atoms with Crippen LogP contribution < -0.4 is 0 Å². The molecule has 0 saturated heterocycles. The van der Waals surface area contributed by atoms with E-state index in [2.05, 4.69) is 22.4 Å². The Morgan fingerprint density at radius 1 is 1.50 bits per heavy atom. The Balaban J connectivity index is 2.03. The molecule has 0 bridgehead atoms. The van der Waals surface area contributed by atoms with Crippen LogP contribution in [-0.2, 0) is 13.0 Å². The molecule has 0 atom stereocenters. The third-order valence-electron chi connectivity index (χ3n) is 1.95. The Hall–Kier alpha value is -1.16. The summed E-state index contributed by atoms with van der Waals surface area (Å²) in [5, 5.41) is 7.50. The number of hydrogen-bond acceptors (Lipinski definition) is 3. The highest BCUT2D eigenvalue weighted by atomic mass is 32.1. The summed E-state index contributed by atoms with van der Waals surface area (Å²) in [6.45, 7) is 2.96. The van der Waals surface area contributed by atoms with Gasteiger partial charge in [-0.25, -0.2) is 4.98 Å². The zero-order valence-electron chi connectivity index (χ0n) is 8.18. The fraction of sp³-hybridized carbons (Fsp3) is 0.400. The van der Waals surface area contributed by atoms with Crippen LogP contribution in [0.4, 0.5) is 0 Å². The second-order valence-electron chi connectivity index (χ2n) is 3.19. The van der Waals surface area contributed by atoms with Crippen molar-refractivity contribution in [3.63, 3.8) is 0 Å². The Morgan fingerprint density at radius 2 is 2.43 bits per heavy atom. The van der Waals surface area contributed by atoms with Gasteiger partial charge in [-0.15, -0.1) is 11.3 Å². The molecule has 0 saturated carbocycles. The minimum Gasteiger partial charge on any atom is -0.267 e. The molecule has 0 unspecified atom stereocenters. The van der Waals surface area contributed by atoms with Crippen LogP contribution in [0.15, 0.2) is 23.8 Å². The van der Waals surface area contributed by atoms with E-state index < -0.39 is 0 Å². The van der Waals surface area contributed by atoms with Gasteiger partial charge in [0.15, 0.2) is 0 Å². The Morgan fingerprint density at radius 3 is 3.14 bits per heavy atom. The van der Waals surface area contributed by atoms with E-state index in [1.165, 1.54) is 5.01 Å². The minimum absolute atomic E-state index is 0.785. The zero-order valence-corrected chi connectivity index (χ0v) is 9.00. The number of nitrogens with zero attached hydrogens (tertiary/aromatic N) is 3. The first kappa shape index (κ1) is 9.40. The molecule has 0 aromatic carbocycles. The predicted molar refractivity (Wildman–Crippen MR) is 57.4 cm³/mol. The molecule has 0 aliphatic carbocycles. The second kappa shape index (κ2) is 4.37. The molecule has 0 fully saturated rings. The van der Waals surface area contributed by atoms with Crippen LogP contribution in [0.5, 0.6) is 0 Å². The first-order valence-corrected chi connectivity index (χ1v) is 5.67. The van der Waals surface area contributed by atoms with Gasteiger partial charge in [-0.3, -0.25) is 4.68 Å². The van der Waals surface area contributed by atoms with Crippen LogP contribution in [0.2, 0.25) is 0 Å². The molecule has 2 rings (SSSR count). The number of hydrogen-bond donors (Lipinski definition) is 0. The molecule has 14 heavy (non-hydrogen) atoms. The molecule has 0 spiro atoms. The van der Waals surface area contributed by atoms with Gasteiger partial charge in [0.05, 0.1) is 17.2 Å². The van der Waals surface area contributed by atoms with E-state index in [0.717, 1.165) is 25.1 Å². The lowest BCUT2D eigenvalue weighted by atomic mass is 10.3. The Kier molecular flexibility index (Phi) is 2.93. The van der Waals surface area contributed by atoms with E-state index in [-0.39, 0.29) is 0 Å². The highest BCUT2D eigenvalue weighted by Crippen LogP contribution is 2.12. The SMILES string of the molecule is CCCc1nc(Cn2cccn2)cs1. The first-order chi connectivity index (χ1) is 6.88. The summed E-state index contributed by atoms with van der Waals surface area (Å²) in [5.41, 5.74) is 1.11. The molecule has 0 N–H and O–H groups in total. The minimum atomic E-state index is 0.785. The normalized spacial score (nSPS) is 10.6. The van der Waals surface area contributed by atoms with Crippen LogP contribution in [-0.4, -0.2) is 14.8 Å². The molecule has 2 aromatic rings. The molecule has 0 radical (unpaired) electrons. The molecular formula is C10H13N3S. The zero-order chi connectivity index (χ0) is 9.80. The van der Waals surface area contributed by atoms with Gasteiger partial charge in [-0.05, 0) is 18.9 Å². The van der Waals surface area contributed by atoms with Gasteiger partial charge >= 0.3 is 0 Å². The van der Waals surface area contributed by atoms with Gasteiger partial charge in [-0.2, -0.15) is 5.10 Å². The number of rotatable bonds is 4. The lowest BCUT2D eigenvalue weighted by molar-refractivity contribution is 0.673. The molecule has 0 amide bonds. The van der Waals surface area contributed by atoms with Crippen LogP contribution >= 0.6 is 11.3 Å².